The molecule has 0 amide bonds. The van der Waals surface area contributed by atoms with Gasteiger partial charge in [-0.15, -0.1) is 0 Å². The molecule has 102 valence electrons. The van der Waals surface area contributed by atoms with E-state index >= 15 is 0 Å². The zero-order chi connectivity index (χ0) is 13.0. The van der Waals surface area contributed by atoms with Crippen molar-refractivity contribution in [3.63, 3.8) is 0 Å². The first kappa shape index (κ1) is 15.0. The minimum Gasteiger partial charge on any atom is -0.314 e. The second-order valence-electron chi connectivity index (χ2n) is 6.61. The van der Waals surface area contributed by atoms with Gasteiger partial charge >= 0.3 is 0 Å². The number of nitrogens with one attached hydrogen (secondary N) is 1. The summed E-state index contributed by atoms with van der Waals surface area (Å²) in [5.74, 6) is 1.68. The lowest BCUT2D eigenvalue weighted by atomic mass is 9.77. The normalized spacial score (nSPS) is 26.6. The van der Waals surface area contributed by atoms with Gasteiger partial charge in [0, 0.05) is 18.1 Å². The summed E-state index contributed by atoms with van der Waals surface area (Å²) >= 11 is 0. The third kappa shape index (κ3) is 4.59. The lowest BCUT2D eigenvalue weighted by Crippen LogP contribution is -2.52. The topological polar surface area (TPSA) is 15.3 Å². The van der Waals surface area contributed by atoms with Gasteiger partial charge in [-0.2, -0.15) is 0 Å². The molecular formula is C15H32N2. The monoisotopic (exact) mass is 240 g/mol. The molecule has 0 aromatic heterocycles. The highest BCUT2D eigenvalue weighted by atomic mass is 15.2. The van der Waals surface area contributed by atoms with E-state index in [1.807, 2.05) is 0 Å². The lowest BCUT2D eigenvalue weighted by Gasteiger charge is -2.46. The van der Waals surface area contributed by atoms with Crippen LogP contribution >= 0.6 is 0 Å². The Morgan fingerprint density at radius 3 is 2.18 bits per heavy atom. The second kappa shape index (κ2) is 6.75. The highest BCUT2D eigenvalue weighted by Crippen LogP contribution is 2.32. The van der Waals surface area contributed by atoms with E-state index in [-0.39, 0.29) is 0 Å². The van der Waals surface area contributed by atoms with Crippen molar-refractivity contribution < 1.29 is 0 Å². The van der Waals surface area contributed by atoms with E-state index in [4.69, 9.17) is 0 Å². The van der Waals surface area contributed by atoms with E-state index in [1.54, 1.807) is 0 Å². The second-order valence-corrected chi connectivity index (χ2v) is 6.61. The molecule has 0 heterocycles. The third-order valence-electron chi connectivity index (χ3n) is 4.20. The fourth-order valence-corrected chi connectivity index (χ4v) is 2.89. The predicted molar refractivity (Wildman–Crippen MR) is 76.3 cm³/mol. The van der Waals surface area contributed by atoms with Crippen LogP contribution in [0.25, 0.3) is 0 Å². The van der Waals surface area contributed by atoms with E-state index in [0.717, 1.165) is 23.9 Å². The van der Waals surface area contributed by atoms with E-state index < -0.39 is 0 Å². The summed E-state index contributed by atoms with van der Waals surface area (Å²) in [4.78, 5) is 2.62. The van der Waals surface area contributed by atoms with Gasteiger partial charge in [-0.25, -0.2) is 0 Å². The van der Waals surface area contributed by atoms with Gasteiger partial charge in [0.15, 0.2) is 0 Å². The van der Waals surface area contributed by atoms with Crippen LogP contribution in [0.3, 0.4) is 0 Å². The summed E-state index contributed by atoms with van der Waals surface area (Å²) in [7, 11) is 2.32. The molecule has 3 atom stereocenters. The van der Waals surface area contributed by atoms with Crippen molar-refractivity contribution in [3.05, 3.63) is 0 Å². The molecule has 1 fully saturated rings. The van der Waals surface area contributed by atoms with E-state index in [9.17, 15) is 0 Å². The lowest BCUT2D eigenvalue weighted by molar-refractivity contribution is 0.0476. The Morgan fingerprint density at radius 1 is 1.12 bits per heavy atom. The van der Waals surface area contributed by atoms with Gasteiger partial charge in [0.2, 0.25) is 0 Å². The molecule has 0 bridgehead atoms. The molecule has 2 heteroatoms. The van der Waals surface area contributed by atoms with Gasteiger partial charge in [-0.1, -0.05) is 27.7 Å². The maximum absolute atomic E-state index is 3.59. The minimum atomic E-state index is 0.620. The predicted octanol–water partition coefficient (Wildman–Crippen LogP) is 3.13. The summed E-state index contributed by atoms with van der Waals surface area (Å²) < 4.78 is 0. The van der Waals surface area contributed by atoms with Crippen LogP contribution in [-0.4, -0.2) is 36.6 Å². The average molecular weight is 240 g/mol. The zero-order valence-electron chi connectivity index (χ0n) is 12.7. The molecule has 0 aromatic rings. The Morgan fingerprint density at radius 2 is 1.76 bits per heavy atom. The molecule has 17 heavy (non-hydrogen) atoms. The number of nitrogens with zero attached hydrogens (tertiary/aromatic N) is 1. The van der Waals surface area contributed by atoms with Crippen LogP contribution in [0.4, 0.5) is 0 Å². The summed E-state index contributed by atoms with van der Waals surface area (Å²) in [5, 5.41) is 3.59. The number of rotatable bonds is 7. The van der Waals surface area contributed by atoms with Crippen LogP contribution in [0, 0.1) is 11.8 Å². The van der Waals surface area contributed by atoms with Gasteiger partial charge in [0.05, 0.1) is 0 Å². The largest absolute Gasteiger partial charge is 0.314 e. The summed E-state index contributed by atoms with van der Waals surface area (Å²) in [6, 6.07) is 2.16. The van der Waals surface area contributed by atoms with Crippen LogP contribution in [0.2, 0.25) is 0 Å². The molecule has 2 nitrogen and oxygen atoms in total. The molecule has 1 rings (SSSR count). The minimum absolute atomic E-state index is 0.620. The quantitative estimate of drug-likeness (QED) is 0.735. The molecular weight excluding hydrogens is 208 g/mol. The highest BCUT2D eigenvalue weighted by molar-refractivity contribution is 4.90. The Bertz CT molecular complexity index is 213. The van der Waals surface area contributed by atoms with Crippen LogP contribution < -0.4 is 5.32 Å². The fourth-order valence-electron chi connectivity index (χ4n) is 2.89. The van der Waals surface area contributed by atoms with Gasteiger partial charge in [0.25, 0.3) is 0 Å². The van der Waals surface area contributed by atoms with Crippen LogP contribution in [0.1, 0.15) is 53.9 Å². The average Bonchev–Trinajstić information content (AvgIpc) is 2.14. The maximum Gasteiger partial charge on any atom is 0.0135 e. The summed E-state index contributed by atoms with van der Waals surface area (Å²) in [6.45, 7) is 12.7. The van der Waals surface area contributed by atoms with E-state index in [2.05, 4.69) is 51.9 Å². The summed E-state index contributed by atoms with van der Waals surface area (Å²) in [5.41, 5.74) is 0. The zero-order valence-corrected chi connectivity index (χ0v) is 12.7. The molecule has 0 aliphatic heterocycles. The highest BCUT2D eigenvalue weighted by Gasteiger charge is 2.35. The van der Waals surface area contributed by atoms with E-state index in [1.165, 1.54) is 25.8 Å². The third-order valence-corrected chi connectivity index (χ3v) is 4.20. The van der Waals surface area contributed by atoms with Crippen LogP contribution in [0.5, 0.6) is 0 Å². The molecule has 3 unspecified atom stereocenters. The first-order chi connectivity index (χ1) is 7.91. The molecule has 1 aliphatic rings. The molecule has 1 N–H and O–H groups in total. The van der Waals surface area contributed by atoms with E-state index in [0.29, 0.717) is 6.04 Å². The number of hydrogen-bond acceptors (Lipinski definition) is 2. The van der Waals surface area contributed by atoms with Crippen LogP contribution in [-0.2, 0) is 0 Å². The van der Waals surface area contributed by atoms with Crippen molar-refractivity contribution in [1.82, 2.24) is 10.2 Å². The Labute approximate surface area is 108 Å². The molecule has 0 saturated heterocycles. The van der Waals surface area contributed by atoms with Gasteiger partial charge in [-0.05, 0) is 51.6 Å². The Balaban J connectivity index is 2.33. The fraction of sp³-hybridized carbons (Fsp3) is 1.00. The standard InChI is InChI=1S/C15H32N2/c1-11(2)9-13(5)17(6)15-8-7-14(15)10-16-12(3)4/h11-16H,7-10H2,1-6H3. The van der Waals surface area contributed by atoms with Crippen molar-refractivity contribution in [2.75, 3.05) is 13.6 Å². The molecule has 1 saturated carbocycles. The van der Waals surface area contributed by atoms with Gasteiger partial charge in [0.1, 0.15) is 0 Å². The van der Waals surface area contributed by atoms with Gasteiger partial charge in [-0.3, -0.25) is 0 Å². The molecule has 0 aromatic carbocycles. The summed E-state index contributed by atoms with van der Waals surface area (Å²) in [6.07, 6.45) is 4.11. The van der Waals surface area contributed by atoms with Crippen LogP contribution in [0.15, 0.2) is 0 Å². The Hall–Kier alpha value is -0.0800. The van der Waals surface area contributed by atoms with Crippen molar-refractivity contribution >= 4 is 0 Å². The van der Waals surface area contributed by atoms with Crippen molar-refractivity contribution in [2.45, 2.75) is 72.0 Å². The van der Waals surface area contributed by atoms with Crippen molar-refractivity contribution in [1.29, 1.82) is 0 Å². The first-order valence-corrected chi connectivity index (χ1v) is 7.37. The molecule has 0 radical (unpaired) electrons. The maximum atomic E-state index is 3.59. The number of hydrogen-bond donors (Lipinski definition) is 1. The molecule has 0 spiro atoms. The molecule has 1 aliphatic carbocycles. The van der Waals surface area contributed by atoms with Gasteiger partial charge < -0.3 is 10.2 Å². The smallest absolute Gasteiger partial charge is 0.0135 e. The van der Waals surface area contributed by atoms with Crippen molar-refractivity contribution in [2.24, 2.45) is 11.8 Å². The first-order valence-electron chi connectivity index (χ1n) is 7.37. The SMILES string of the molecule is CC(C)CC(C)N(C)C1CCC1CNC(C)C. The van der Waals surface area contributed by atoms with Crippen molar-refractivity contribution in [3.8, 4) is 0 Å². The Kier molecular flexibility index (Phi) is 5.94.